The van der Waals surface area contributed by atoms with Gasteiger partial charge >= 0.3 is 0 Å². The maximum Gasteiger partial charge on any atom is 0.273 e. The Morgan fingerprint density at radius 3 is 2.32 bits per heavy atom. The predicted octanol–water partition coefficient (Wildman–Crippen LogP) is 1.32. The quantitative estimate of drug-likeness (QED) is 0.661. The molecular weight excluding hydrogens is 378 g/mol. The lowest BCUT2D eigenvalue weighted by Crippen LogP contribution is -2.37. The molecule has 144 valence electrons. The summed E-state index contributed by atoms with van der Waals surface area (Å²) >= 11 is 1.40. The number of aryl methyl sites for hydroxylation is 1. The number of aromatic nitrogens is 5. The Morgan fingerprint density at radius 1 is 1.00 bits per heavy atom. The van der Waals surface area contributed by atoms with Gasteiger partial charge in [0, 0.05) is 42.7 Å². The molecule has 2 aromatic heterocycles. The molecule has 0 radical (unpaired) electrons. The van der Waals surface area contributed by atoms with E-state index >= 15 is 0 Å². The average molecular weight is 397 g/mol. The van der Waals surface area contributed by atoms with Crippen LogP contribution < -0.4 is 0 Å². The average Bonchev–Trinajstić information content (AvgIpc) is 3.34. The van der Waals surface area contributed by atoms with Crippen LogP contribution in [0.5, 0.6) is 0 Å². The fraction of sp³-hybridized carbons (Fsp3) is 0.333. The minimum absolute atomic E-state index is 0.0402. The summed E-state index contributed by atoms with van der Waals surface area (Å²) in [5.74, 6) is 0.408. The first-order chi connectivity index (χ1) is 13.6. The van der Waals surface area contributed by atoms with Gasteiger partial charge < -0.3 is 9.80 Å². The topological polar surface area (TPSA) is 97.1 Å². The standard InChI is InChI=1S/C18H19N7O2S/c1-23-21-16(20-22-23)13-3-5-14(6-4-13)17(26)24-7-2-8-25(10-9-24)18(27)15-11-28-12-19-15/h3-6,11-12H,2,7-10H2,1H3. The van der Waals surface area contributed by atoms with E-state index in [4.69, 9.17) is 0 Å². The van der Waals surface area contributed by atoms with Crippen molar-refractivity contribution in [1.29, 1.82) is 0 Å². The molecule has 1 aromatic carbocycles. The van der Waals surface area contributed by atoms with Gasteiger partial charge in [-0.2, -0.15) is 4.80 Å². The molecule has 0 N–H and O–H groups in total. The highest BCUT2D eigenvalue weighted by molar-refractivity contribution is 7.07. The first-order valence-corrected chi connectivity index (χ1v) is 9.87. The molecule has 10 heteroatoms. The summed E-state index contributed by atoms with van der Waals surface area (Å²) in [6, 6.07) is 7.19. The van der Waals surface area contributed by atoms with E-state index in [1.165, 1.54) is 16.1 Å². The Labute approximate surface area is 165 Å². The molecule has 28 heavy (non-hydrogen) atoms. The van der Waals surface area contributed by atoms with Crippen LogP contribution in [0.3, 0.4) is 0 Å². The largest absolute Gasteiger partial charge is 0.337 e. The van der Waals surface area contributed by atoms with Crippen LogP contribution >= 0.6 is 11.3 Å². The summed E-state index contributed by atoms with van der Waals surface area (Å²) < 4.78 is 0. The number of tetrazole rings is 1. The molecule has 0 saturated carbocycles. The van der Waals surface area contributed by atoms with Crippen molar-refractivity contribution < 1.29 is 9.59 Å². The first-order valence-electron chi connectivity index (χ1n) is 8.93. The van der Waals surface area contributed by atoms with E-state index in [0.717, 1.165) is 12.0 Å². The van der Waals surface area contributed by atoms with Gasteiger partial charge in [0.05, 0.1) is 12.6 Å². The number of carbonyl (C=O) groups excluding carboxylic acids is 2. The molecule has 4 rings (SSSR count). The molecule has 1 saturated heterocycles. The van der Waals surface area contributed by atoms with Crippen LogP contribution in [0.15, 0.2) is 35.2 Å². The molecule has 0 aliphatic carbocycles. The number of hydrogen-bond donors (Lipinski definition) is 0. The molecule has 1 aliphatic rings. The van der Waals surface area contributed by atoms with Crippen LogP contribution in [0.4, 0.5) is 0 Å². The molecule has 3 heterocycles. The number of nitrogens with zero attached hydrogens (tertiary/aromatic N) is 7. The maximum absolute atomic E-state index is 12.9. The first kappa shape index (κ1) is 18.2. The smallest absolute Gasteiger partial charge is 0.273 e. The highest BCUT2D eigenvalue weighted by Crippen LogP contribution is 2.17. The van der Waals surface area contributed by atoms with Gasteiger partial charge in [0.15, 0.2) is 0 Å². The molecule has 1 aliphatic heterocycles. The lowest BCUT2D eigenvalue weighted by molar-refractivity contribution is 0.0716. The third-order valence-electron chi connectivity index (χ3n) is 4.62. The Hall–Kier alpha value is -3.14. The molecule has 0 atom stereocenters. The molecule has 3 aromatic rings. The lowest BCUT2D eigenvalue weighted by Gasteiger charge is -2.22. The van der Waals surface area contributed by atoms with Gasteiger partial charge in [0.1, 0.15) is 5.69 Å². The summed E-state index contributed by atoms with van der Waals surface area (Å²) in [6.45, 7) is 2.25. The van der Waals surface area contributed by atoms with Crippen LogP contribution in [-0.4, -0.2) is 73.0 Å². The zero-order chi connectivity index (χ0) is 19.5. The van der Waals surface area contributed by atoms with Crippen molar-refractivity contribution in [2.75, 3.05) is 26.2 Å². The highest BCUT2D eigenvalue weighted by atomic mass is 32.1. The number of hydrogen-bond acceptors (Lipinski definition) is 7. The summed E-state index contributed by atoms with van der Waals surface area (Å²) in [5.41, 5.74) is 3.53. The molecule has 0 bridgehead atoms. The Balaban J connectivity index is 1.41. The number of thiazole rings is 1. The number of carbonyl (C=O) groups is 2. The van der Waals surface area contributed by atoms with Gasteiger partial charge in [-0.25, -0.2) is 4.98 Å². The molecule has 0 unspecified atom stereocenters. The minimum atomic E-state index is -0.0728. The number of benzene rings is 1. The van der Waals surface area contributed by atoms with E-state index in [9.17, 15) is 9.59 Å². The second-order valence-electron chi connectivity index (χ2n) is 6.49. The third kappa shape index (κ3) is 3.77. The van der Waals surface area contributed by atoms with Gasteiger partial charge in [-0.05, 0) is 23.8 Å². The number of rotatable bonds is 3. The van der Waals surface area contributed by atoms with Gasteiger partial charge in [0.2, 0.25) is 5.82 Å². The second kappa shape index (κ2) is 7.85. The fourth-order valence-corrected chi connectivity index (χ4v) is 3.67. The van der Waals surface area contributed by atoms with Crippen molar-refractivity contribution in [3.63, 3.8) is 0 Å². The highest BCUT2D eigenvalue weighted by Gasteiger charge is 2.24. The van der Waals surface area contributed by atoms with Crippen molar-refractivity contribution >= 4 is 23.2 Å². The van der Waals surface area contributed by atoms with Gasteiger partial charge in [0.25, 0.3) is 11.8 Å². The van der Waals surface area contributed by atoms with E-state index < -0.39 is 0 Å². The maximum atomic E-state index is 12.9. The molecular formula is C18H19N7O2S. The van der Waals surface area contributed by atoms with Crippen LogP contribution in [0.25, 0.3) is 11.4 Å². The monoisotopic (exact) mass is 397 g/mol. The molecule has 9 nitrogen and oxygen atoms in total. The molecule has 1 fully saturated rings. The Kier molecular flexibility index (Phi) is 5.11. The van der Waals surface area contributed by atoms with Crippen molar-refractivity contribution in [2.45, 2.75) is 6.42 Å². The zero-order valence-corrected chi connectivity index (χ0v) is 16.2. The fourth-order valence-electron chi connectivity index (χ4n) is 3.15. The van der Waals surface area contributed by atoms with E-state index in [-0.39, 0.29) is 11.8 Å². The van der Waals surface area contributed by atoms with E-state index in [0.29, 0.717) is 43.3 Å². The van der Waals surface area contributed by atoms with E-state index in [1.54, 1.807) is 39.9 Å². The summed E-state index contributed by atoms with van der Waals surface area (Å²) in [7, 11) is 1.70. The zero-order valence-electron chi connectivity index (χ0n) is 15.4. The van der Waals surface area contributed by atoms with Crippen LogP contribution in [0.1, 0.15) is 27.3 Å². The van der Waals surface area contributed by atoms with E-state index in [2.05, 4.69) is 20.4 Å². The second-order valence-corrected chi connectivity index (χ2v) is 7.21. The van der Waals surface area contributed by atoms with Gasteiger partial charge in [-0.1, -0.05) is 12.1 Å². The van der Waals surface area contributed by atoms with Crippen LogP contribution in [0, 0.1) is 0 Å². The lowest BCUT2D eigenvalue weighted by atomic mass is 10.1. The van der Waals surface area contributed by atoms with E-state index in [1.807, 2.05) is 12.1 Å². The third-order valence-corrected chi connectivity index (χ3v) is 5.21. The summed E-state index contributed by atoms with van der Waals surface area (Å²) in [4.78, 5) is 34.4. The normalized spacial score (nSPS) is 14.8. The van der Waals surface area contributed by atoms with Gasteiger partial charge in [-0.15, -0.1) is 21.5 Å². The van der Waals surface area contributed by atoms with Crippen LogP contribution in [0.2, 0.25) is 0 Å². The van der Waals surface area contributed by atoms with Gasteiger partial charge in [-0.3, -0.25) is 9.59 Å². The van der Waals surface area contributed by atoms with Crippen molar-refractivity contribution in [1.82, 2.24) is 35.0 Å². The van der Waals surface area contributed by atoms with Crippen molar-refractivity contribution in [3.8, 4) is 11.4 Å². The summed E-state index contributed by atoms with van der Waals surface area (Å²) in [6.07, 6.45) is 0.739. The Bertz CT molecular complexity index is 968. The van der Waals surface area contributed by atoms with Crippen molar-refractivity contribution in [2.24, 2.45) is 7.05 Å². The Morgan fingerprint density at radius 2 is 1.71 bits per heavy atom. The predicted molar refractivity (Wildman–Crippen MR) is 103 cm³/mol. The van der Waals surface area contributed by atoms with Crippen molar-refractivity contribution in [3.05, 3.63) is 46.4 Å². The summed E-state index contributed by atoms with van der Waals surface area (Å²) in [5, 5.41) is 13.7. The molecule has 0 spiro atoms. The number of amides is 2. The minimum Gasteiger partial charge on any atom is -0.337 e. The molecule has 2 amide bonds. The van der Waals surface area contributed by atoms with Crippen LogP contribution in [-0.2, 0) is 7.05 Å². The SMILES string of the molecule is Cn1nnc(-c2ccc(C(=O)N3CCCN(C(=O)c4cscn4)CC3)cc2)n1.